The minimum Gasteiger partial charge on any atom is -0.461 e. The molecule has 1 unspecified atom stereocenters. The lowest BCUT2D eigenvalue weighted by Crippen LogP contribution is -2.52. The van der Waals surface area contributed by atoms with Gasteiger partial charge in [0.15, 0.2) is 0 Å². The van der Waals surface area contributed by atoms with Crippen LogP contribution < -0.4 is 5.32 Å². The highest BCUT2D eigenvalue weighted by atomic mass is 32.2. The topological polar surface area (TPSA) is 79.0 Å². The standard InChI is InChI=1S/C33H43N3O4S/c1-3-21-34-32-24-29(33(37)40-26-27-13-7-4-8-14-27)19-22-36(32)23-20-30(28-15-9-5-10-16-28)25-35(2)41(38,39)31-17-11-6-12-18-31/h4-18,29-30,32,34H,3,19-26H2,1-2H3/t29-,30?,32+/m0/s1. The van der Waals surface area contributed by atoms with Crippen molar-refractivity contribution in [3.05, 3.63) is 102 Å². The van der Waals surface area contributed by atoms with Crippen LogP contribution in [0.15, 0.2) is 95.9 Å². The number of likely N-dealkylation sites (tertiary alicyclic amines) is 1. The number of esters is 1. The van der Waals surface area contributed by atoms with E-state index in [1.807, 2.05) is 54.6 Å². The summed E-state index contributed by atoms with van der Waals surface area (Å²) < 4.78 is 33.7. The Kier molecular flexibility index (Phi) is 11.5. The molecule has 220 valence electrons. The molecule has 41 heavy (non-hydrogen) atoms. The van der Waals surface area contributed by atoms with Crippen molar-refractivity contribution in [3.63, 3.8) is 0 Å². The van der Waals surface area contributed by atoms with E-state index < -0.39 is 10.0 Å². The Balaban J connectivity index is 1.41. The van der Waals surface area contributed by atoms with E-state index in [0.717, 1.165) is 50.0 Å². The van der Waals surface area contributed by atoms with Gasteiger partial charge >= 0.3 is 5.97 Å². The lowest BCUT2D eigenvalue weighted by atomic mass is 9.92. The van der Waals surface area contributed by atoms with Crippen molar-refractivity contribution in [3.8, 4) is 0 Å². The van der Waals surface area contributed by atoms with Crippen LogP contribution in [0.2, 0.25) is 0 Å². The monoisotopic (exact) mass is 577 g/mol. The van der Waals surface area contributed by atoms with E-state index in [4.69, 9.17) is 4.74 Å². The Morgan fingerprint density at radius 1 is 1.00 bits per heavy atom. The number of hydrogen-bond donors (Lipinski definition) is 1. The van der Waals surface area contributed by atoms with Gasteiger partial charge < -0.3 is 10.1 Å². The van der Waals surface area contributed by atoms with E-state index >= 15 is 0 Å². The third-order valence-electron chi connectivity index (χ3n) is 7.87. The van der Waals surface area contributed by atoms with Gasteiger partial charge in [-0.3, -0.25) is 9.69 Å². The van der Waals surface area contributed by atoms with E-state index in [0.29, 0.717) is 24.5 Å². The first kappa shape index (κ1) is 30.9. The number of rotatable bonds is 14. The molecule has 4 rings (SSSR count). The summed E-state index contributed by atoms with van der Waals surface area (Å²) in [6.07, 6.45) is 3.32. The van der Waals surface area contributed by atoms with Crippen molar-refractivity contribution in [2.75, 3.05) is 33.2 Å². The molecule has 1 aliphatic rings. The maximum Gasteiger partial charge on any atom is 0.309 e. The molecular formula is C33H43N3O4S. The Morgan fingerprint density at radius 3 is 2.29 bits per heavy atom. The SMILES string of the molecule is CCCN[C@H]1C[C@@H](C(=O)OCc2ccccc2)CCN1CCC(CN(C)S(=O)(=O)c1ccccc1)c1ccccc1. The fourth-order valence-corrected chi connectivity index (χ4v) is 6.69. The Hall–Kier alpha value is -3.04. The molecule has 0 aliphatic carbocycles. The van der Waals surface area contributed by atoms with E-state index in [1.165, 1.54) is 4.31 Å². The number of sulfonamides is 1. The molecule has 0 amide bonds. The summed E-state index contributed by atoms with van der Waals surface area (Å²) in [5, 5.41) is 3.64. The lowest BCUT2D eigenvalue weighted by molar-refractivity contribution is -0.152. The average molecular weight is 578 g/mol. The number of nitrogens with one attached hydrogen (secondary N) is 1. The summed E-state index contributed by atoms with van der Waals surface area (Å²) in [6, 6.07) is 28.5. The first-order valence-corrected chi connectivity index (χ1v) is 16.1. The fourth-order valence-electron chi connectivity index (χ4n) is 5.46. The van der Waals surface area contributed by atoms with Crippen LogP contribution in [0, 0.1) is 5.92 Å². The molecule has 1 N–H and O–H groups in total. The molecule has 0 spiro atoms. The third kappa shape index (κ3) is 8.72. The molecule has 0 radical (unpaired) electrons. The summed E-state index contributed by atoms with van der Waals surface area (Å²) in [5.41, 5.74) is 2.12. The Morgan fingerprint density at radius 2 is 1.63 bits per heavy atom. The van der Waals surface area contributed by atoms with E-state index in [9.17, 15) is 13.2 Å². The molecule has 0 aromatic heterocycles. The van der Waals surface area contributed by atoms with Crippen molar-refractivity contribution in [2.45, 2.75) is 56.2 Å². The quantitative estimate of drug-likeness (QED) is 0.263. The van der Waals surface area contributed by atoms with Crippen LogP contribution in [0.1, 0.15) is 49.7 Å². The number of nitrogens with zero attached hydrogens (tertiary/aromatic N) is 2. The third-order valence-corrected chi connectivity index (χ3v) is 9.70. The van der Waals surface area contributed by atoms with E-state index in [2.05, 4.69) is 29.3 Å². The van der Waals surface area contributed by atoms with Gasteiger partial charge in [0.2, 0.25) is 10.0 Å². The van der Waals surface area contributed by atoms with Crippen LogP contribution in [0.25, 0.3) is 0 Å². The number of benzene rings is 3. The van der Waals surface area contributed by atoms with Gasteiger partial charge in [-0.15, -0.1) is 0 Å². The molecule has 8 heteroatoms. The second kappa shape index (κ2) is 15.3. The molecule has 3 aromatic rings. The maximum atomic E-state index is 13.3. The van der Waals surface area contributed by atoms with Crippen LogP contribution in [0.3, 0.4) is 0 Å². The minimum atomic E-state index is -3.59. The van der Waals surface area contributed by atoms with Crippen molar-refractivity contribution in [1.29, 1.82) is 0 Å². The van der Waals surface area contributed by atoms with Crippen LogP contribution in [-0.4, -0.2) is 63.0 Å². The number of carbonyl (C=O) groups is 1. The predicted molar refractivity (Wildman–Crippen MR) is 163 cm³/mol. The molecule has 0 bridgehead atoms. The zero-order chi connectivity index (χ0) is 29.1. The largest absolute Gasteiger partial charge is 0.461 e. The Bertz CT molecular complexity index is 1310. The number of piperidine rings is 1. The van der Waals surface area contributed by atoms with E-state index in [-0.39, 0.29) is 24.0 Å². The van der Waals surface area contributed by atoms with Gasteiger partial charge in [-0.2, -0.15) is 0 Å². The van der Waals surface area contributed by atoms with E-state index in [1.54, 1.807) is 31.3 Å². The van der Waals surface area contributed by atoms with Gasteiger partial charge in [0.05, 0.1) is 17.0 Å². The summed E-state index contributed by atoms with van der Waals surface area (Å²) in [5.74, 6) is -0.247. The van der Waals surface area contributed by atoms with Crippen molar-refractivity contribution >= 4 is 16.0 Å². The van der Waals surface area contributed by atoms with Crippen LogP contribution in [0.4, 0.5) is 0 Å². The highest BCUT2D eigenvalue weighted by molar-refractivity contribution is 7.89. The summed E-state index contributed by atoms with van der Waals surface area (Å²) in [7, 11) is -1.93. The van der Waals surface area contributed by atoms with Gasteiger partial charge in [0.1, 0.15) is 6.61 Å². The molecule has 1 saturated heterocycles. The number of ether oxygens (including phenoxy) is 1. The lowest BCUT2D eigenvalue weighted by Gasteiger charge is -2.40. The molecule has 1 aliphatic heterocycles. The average Bonchev–Trinajstić information content (AvgIpc) is 3.02. The Labute approximate surface area is 245 Å². The molecule has 3 atom stereocenters. The number of carbonyl (C=O) groups excluding carboxylic acids is 1. The van der Waals surface area contributed by atoms with Gasteiger partial charge in [0.25, 0.3) is 0 Å². The van der Waals surface area contributed by atoms with Gasteiger partial charge in [-0.05, 0) is 61.4 Å². The van der Waals surface area contributed by atoms with Crippen molar-refractivity contribution < 1.29 is 17.9 Å². The normalized spacial score (nSPS) is 18.7. The first-order chi connectivity index (χ1) is 19.9. The van der Waals surface area contributed by atoms with Crippen molar-refractivity contribution in [1.82, 2.24) is 14.5 Å². The summed E-state index contributed by atoms with van der Waals surface area (Å²) >= 11 is 0. The van der Waals surface area contributed by atoms with Crippen LogP contribution >= 0.6 is 0 Å². The molecular weight excluding hydrogens is 534 g/mol. The molecule has 7 nitrogen and oxygen atoms in total. The van der Waals surface area contributed by atoms with Gasteiger partial charge in [-0.1, -0.05) is 85.8 Å². The smallest absolute Gasteiger partial charge is 0.309 e. The summed E-state index contributed by atoms with van der Waals surface area (Å²) in [4.78, 5) is 15.7. The molecule has 1 fully saturated rings. The molecule has 3 aromatic carbocycles. The van der Waals surface area contributed by atoms with Crippen LogP contribution in [0.5, 0.6) is 0 Å². The number of hydrogen-bond acceptors (Lipinski definition) is 6. The van der Waals surface area contributed by atoms with Gasteiger partial charge in [0, 0.05) is 26.7 Å². The first-order valence-electron chi connectivity index (χ1n) is 14.6. The molecule has 1 heterocycles. The second-order valence-corrected chi connectivity index (χ2v) is 12.9. The fraction of sp³-hybridized carbons (Fsp3) is 0.424. The highest BCUT2D eigenvalue weighted by Crippen LogP contribution is 2.28. The maximum absolute atomic E-state index is 13.3. The minimum absolute atomic E-state index is 0.0278. The zero-order valence-corrected chi connectivity index (χ0v) is 25.0. The summed E-state index contributed by atoms with van der Waals surface area (Å²) in [6.45, 7) is 5.27. The van der Waals surface area contributed by atoms with Gasteiger partial charge in [-0.25, -0.2) is 12.7 Å². The van der Waals surface area contributed by atoms with Crippen molar-refractivity contribution in [2.24, 2.45) is 5.92 Å². The molecule has 0 saturated carbocycles. The van der Waals surface area contributed by atoms with Crippen LogP contribution in [-0.2, 0) is 26.2 Å². The second-order valence-electron chi connectivity index (χ2n) is 10.8. The zero-order valence-electron chi connectivity index (χ0n) is 24.2. The predicted octanol–water partition coefficient (Wildman–Crippen LogP) is 5.26. The highest BCUT2D eigenvalue weighted by Gasteiger charge is 2.33. The number of likely N-dealkylation sites (N-methyl/N-ethyl adjacent to an activating group) is 1.